The van der Waals surface area contributed by atoms with E-state index in [1.54, 1.807) is 0 Å². The SMILES string of the molecule is c1ccc(-c2c(-c3ccccc3)[n+]3cccc(-c4ccccc4)c3c3ccccc23)cc1. The standard InChI is InChI=1S/C31H22N/c1-4-13-23(14-5-1)26-21-12-22-32-30(25-17-8-3-9-18-25)29(24-15-6-2-7-16-24)27-19-10-11-20-28(27)31(26)32/h1-22H/q+1. The average Bonchev–Trinajstić information content (AvgIpc) is 2.89. The number of nitrogens with zero attached hydrogens (tertiary/aromatic N) is 1. The van der Waals surface area contributed by atoms with Crippen molar-refractivity contribution in [2.24, 2.45) is 0 Å². The number of benzene rings is 4. The topological polar surface area (TPSA) is 4.10 Å². The average molecular weight is 409 g/mol. The Labute approximate surface area is 187 Å². The number of hydrogen-bond acceptors (Lipinski definition) is 0. The van der Waals surface area contributed by atoms with Crippen molar-refractivity contribution in [1.82, 2.24) is 0 Å². The van der Waals surface area contributed by atoms with Crippen LogP contribution in [0.1, 0.15) is 0 Å². The minimum Gasteiger partial charge on any atom is -0.158 e. The molecule has 150 valence electrons. The Morgan fingerprint density at radius 3 is 1.59 bits per heavy atom. The summed E-state index contributed by atoms with van der Waals surface area (Å²) >= 11 is 0. The van der Waals surface area contributed by atoms with E-state index < -0.39 is 0 Å². The maximum absolute atomic E-state index is 2.38. The normalized spacial score (nSPS) is 11.1. The Morgan fingerprint density at radius 1 is 0.406 bits per heavy atom. The molecular weight excluding hydrogens is 386 g/mol. The van der Waals surface area contributed by atoms with Crippen LogP contribution >= 0.6 is 0 Å². The summed E-state index contributed by atoms with van der Waals surface area (Å²) < 4.78 is 2.38. The highest BCUT2D eigenvalue weighted by atomic mass is 14.9. The zero-order valence-electron chi connectivity index (χ0n) is 17.6. The van der Waals surface area contributed by atoms with Crippen LogP contribution in [0, 0.1) is 0 Å². The molecule has 0 unspecified atom stereocenters. The third-order valence-corrected chi connectivity index (χ3v) is 6.12. The largest absolute Gasteiger partial charge is 0.226 e. The first-order valence-electron chi connectivity index (χ1n) is 11.0. The van der Waals surface area contributed by atoms with Gasteiger partial charge in [0.25, 0.3) is 0 Å². The first-order chi connectivity index (χ1) is 15.9. The van der Waals surface area contributed by atoms with Crippen LogP contribution in [0.15, 0.2) is 134 Å². The third kappa shape index (κ3) is 2.99. The second-order valence-electron chi connectivity index (χ2n) is 8.01. The predicted octanol–water partition coefficient (Wildman–Crippen LogP) is 7.58. The molecule has 0 amide bonds. The van der Waals surface area contributed by atoms with Crippen LogP contribution in [0.25, 0.3) is 49.8 Å². The van der Waals surface area contributed by atoms with E-state index in [2.05, 4.69) is 138 Å². The van der Waals surface area contributed by atoms with Gasteiger partial charge in [-0.25, -0.2) is 0 Å². The van der Waals surface area contributed by atoms with Crippen LogP contribution in [-0.4, -0.2) is 0 Å². The van der Waals surface area contributed by atoms with Gasteiger partial charge in [-0.1, -0.05) is 97.1 Å². The fourth-order valence-corrected chi connectivity index (χ4v) is 4.75. The Morgan fingerprint density at radius 2 is 0.938 bits per heavy atom. The van der Waals surface area contributed by atoms with Gasteiger partial charge in [-0.05, 0) is 35.4 Å². The van der Waals surface area contributed by atoms with Gasteiger partial charge >= 0.3 is 0 Å². The summed E-state index contributed by atoms with van der Waals surface area (Å²) in [6.07, 6.45) is 2.20. The molecule has 6 rings (SSSR count). The van der Waals surface area contributed by atoms with Gasteiger partial charge < -0.3 is 0 Å². The molecule has 0 fully saturated rings. The minimum absolute atomic E-state index is 1.21. The summed E-state index contributed by atoms with van der Waals surface area (Å²) in [7, 11) is 0. The highest BCUT2D eigenvalue weighted by molar-refractivity contribution is 6.10. The van der Waals surface area contributed by atoms with Crippen LogP contribution in [-0.2, 0) is 0 Å². The molecule has 0 spiro atoms. The molecule has 4 aromatic carbocycles. The summed E-state index contributed by atoms with van der Waals surface area (Å²) in [6, 6.07) is 45.3. The van der Waals surface area contributed by atoms with E-state index in [4.69, 9.17) is 0 Å². The van der Waals surface area contributed by atoms with Gasteiger partial charge in [0.2, 0.25) is 11.2 Å². The van der Waals surface area contributed by atoms with Gasteiger partial charge in [-0.2, -0.15) is 4.40 Å². The van der Waals surface area contributed by atoms with Gasteiger partial charge in [-0.3, -0.25) is 0 Å². The zero-order chi connectivity index (χ0) is 21.3. The van der Waals surface area contributed by atoms with E-state index in [0.717, 1.165) is 0 Å². The van der Waals surface area contributed by atoms with Crippen molar-refractivity contribution in [3.8, 4) is 33.5 Å². The molecule has 1 nitrogen and oxygen atoms in total. The smallest absolute Gasteiger partial charge is 0.158 e. The number of rotatable bonds is 3. The van der Waals surface area contributed by atoms with E-state index in [0.29, 0.717) is 0 Å². The highest BCUT2D eigenvalue weighted by Gasteiger charge is 2.26. The third-order valence-electron chi connectivity index (χ3n) is 6.12. The number of fused-ring (bicyclic) bond motifs is 3. The molecule has 0 aliphatic rings. The van der Waals surface area contributed by atoms with Crippen molar-refractivity contribution < 1.29 is 4.40 Å². The Kier molecular flexibility index (Phi) is 4.51. The second-order valence-corrected chi connectivity index (χ2v) is 8.01. The first kappa shape index (κ1) is 18.5. The maximum Gasteiger partial charge on any atom is 0.226 e. The van der Waals surface area contributed by atoms with Crippen molar-refractivity contribution in [1.29, 1.82) is 0 Å². The lowest BCUT2D eigenvalue weighted by molar-refractivity contribution is -0.497. The van der Waals surface area contributed by atoms with E-state index in [1.165, 1.54) is 49.8 Å². The van der Waals surface area contributed by atoms with E-state index >= 15 is 0 Å². The second kappa shape index (κ2) is 7.79. The minimum atomic E-state index is 1.21. The van der Waals surface area contributed by atoms with Gasteiger partial charge in [0.1, 0.15) is 0 Å². The van der Waals surface area contributed by atoms with Crippen molar-refractivity contribution in [3.05, 3.63) is 134 Å². The maximum atomic E-state index is 2.38. The lowest BCUT2D eigenvalue weighted by Gasteiger charge is -2.14. The van der Waals surface area contributed by atoms with E-state index in [1.807, 2.05) is 0 Å². The van der Waals surface area contributed by atoms with Crippen LogP contribution in [0.5, 0.6) is 0 Å². The van der Waals surface area contributed by atoms with Crippen LogP contribution in [0.4, 0.5) is 0 Å². The van der Waals surface area contributed by atoms with E-state index in [9.17, 15) is 0 Å². The van der Waals surface area contributed by atoms with Gasteiger partial charge in [0.15, 0.2) is 6.20 Å². The molecule has 32 heavy (non-hydrogen) atoms. The molecule has 0 aliphatic carbocycles. The fraction of sp³-hybridized carbons (Fsp3) is 0. The lowest BCUT2D eigenvalue weighted by atomic mass is 9.91. The lowest BCUT2D eigenvalue weighted by Crippen LogP contribution is -2.26. The number of hydrogen-bond donors (Lipinski definition) is 0. The Balaban J connectivity index is 1.87. The first-order valence-corrected chi connectivity index (χ1v) is 11.0. The van der Waals surface area contributed by atoms with Crippen LogP contribution in [0.3, 0.4) is 0 Å². The number of pyridine rings is 2. The molecule has 0 saturated heterocycles. The molecular formula is C31H22N+. The molecule has 1 heteroatoms. The van der Waals surface area contributed by atoms with Crippen molar-refractivity contribution in [3.63, 3.8) is 0 Å². The molecule has 2 aromatic heterocycles. The molecule has 2 heterocycles. The van der Waals surface area contributed by atoms with Gasteiger partial charge in [0, 0.05) is 17.0 Å². The van der Waals surface area contributed by atoms with Crippen molar-refractivity contribution >= 4 is 16.3 Å². The Hall–Kier alpha value is -4.23. The Bertz CT molecular complexity index is 1540. The highest BCUT2D eigenvalue weighted by Crippen LogP contribution is 2.39. The van der Waals surface area contributed by atoms with Crippen LogP contribution in [0.2, 0.25) is 0 Å². The molecule has 0 atom stereocenters. The summed E-state index contributed by atoms with van der Waals surface area (Å²) in [5.74, 6) is 0. The summed E-state index contributed by atoms with van der Waals surface area (Å²) in [4.78, 5) is 0. The molecule has 0 saturated carbocycles. The molecule has 0 radical (unpaired) electrons. The summed E-state index contributed by atoms with van der Waals surface area (Å²) in [5, 5.41) is 2.52. The van der Waals surface area contributed by atoms with Gasteiger partial charge in [0.05, 0.1) is 16.5 Å². The summed E-state index contributed by atoms with van der Waals surface area (Å²) in [5.41, 5.74) is 8.59. The van der Waals surface area contributed by atoms with Gasteiger partial charge in [-0.15, -0.1) is 0 Å². The van der Waals surface area contributed by atoms with Crippen molar-refractivity contribution in [2.45, 2.75) is 0 Å². The van der Waals surface area contributed by atoms with Crippen molar-refractivity contribution in [2.75, 3.05) is 0 Å². The predicted molar refractivity (Wildman–Crippen MR) is 133 cm³/mol. The molecule has 0 N–H and O–H groups in total. The molecule has 0 bridgehead atoms. The zero-order valence-corrected chi connectivity index (χ0v) is 17.6. The molecule has 6 aromatic rings. The fourth-order valence-electron chi connectivity index (χ4n) is 4.75. The summed E-state index contributed by atoms with van der Waals surface area (Å²) in [6.45, 7) is 0. The quantitative estimate of drug-likeness (QED) is 0.210. The monoisotopic (exact) mass is 408 g/mol. The van der Waals surface area contributed by atoms with Crippen LogP contribution < -0.4 is 4.40 Å². The van der Waals surface area contributed by atoms with E-state index in [-0.39, 0.29) is 0 Å². The molecule has 0 aliphatic heterocycles. The number of aromatic nitrogens is 1.